The van der Waals surface area contributed by atoms with Crippen LogP contribution in [0.25, 0.3) is 0 Å². The molecule has 1 aromatic rings. The van der Waals surface area contributed by atoms with Gasteiger partial charge < -0.3 is 10.6 Å². The number of amides is 4. The Balaban J connectivity index is 1.47. The number of benzene rings is 1. The first-order valence-corrected chi connectivity index (χ1v) is 10.0. The van der Waals surface area contributed by atoms with E-state index in [4.69, 9.17) is 23.2 Å². The number of carbonyl (C=O) groups excluding carboxylic acids is 3. The van der Waals surface area contributed by atoms with Gasteiger partial charge >= 0.3 is 6.03 Å². The second-order valence-electron chi connectivity index (χ2n) is 7.80. The van der Waals surface area contributed by atoms with E-state index < -0.39 is 11.6 Å². The molecule has 0 aromatic heterocycles. The molecule has 1 spiro atoms. The van der Waals surface area contributed by atoms with Crippen LogP contribution in [0.1, 0.15) is 50.1 Å². The molecule has 1 heterocycles. The molecule has 144 valence electrons. The lowest BCUT2D eigenvalue weighted by atomic mass is 9.67. The standard InChI is InChI=1S/C19H21Cl2N3O3/c20-13-6-5-11(7-14(13)21)15(10-3-1-2-4-10)22-16(25)12-8-19(9-12)17(26)23-18(27)24-19/h5-7,10,12,15H,1-4,8-9H2,(H,22,25)(H2,23,24,26,27). The lowest BCUT2D eigenvalue weighted by Crippen LogP contribution is -2.60. The molecule has 3 N–H and O–H groups in total. The van der Waals surface area contributed by atoms with Gasteiger partial charge in [-0.2, -0.15) is 0 Å². The summed E-state index contributed by atoms with van der Waals surface area (Å²) < 4.78 is 0. The van der Waals surface area contributed by atoms with Crippen LogP contribution in [0, 0.1) is 11.8 Å². The van der Waals surface area contributed by atoms with E-state index in [9.17, 15) is 14.4 Å². The van der Waals surface area contributed by atoms with Gasteiger partial charge in [0, 0.05) is 5.92 Å². The molecule has 0 radical (unpaired) electrons. The maximum absolute atomic E-state index is 12.8. The van der Waals surface area contributed by atoms with E-state index in [-0.39, 0.29) is 23.8 Å². The second-order valence-corrected chi connectivity index (χ2v) is 8.61. The van der Waals surface area contributed by atoms with Crippen molar-refractivity contribution in [2.24, 2.45) is 11.8 Å². The maximum atomic E-state index is 12.8. The zero-order valence-electron chi connectivity index (χ0n) is 14.7. The molecule has 6 nitrogen and oxygen atoms in total. The Morgan fingerprint density at radius 3 is 2.44 bits per heavy atom. The van der Waals surface area contributed by atoms with Crippen molar-refractivity contribution < 1.29 is 14.4 Å². The zero-order valence-corrected chi connectivity index (χ0v) is 16.2. The summed E-state index contributed by atoms with van der Waals surface area (Å²) in [6, 6.07) is 4.87. The Hall–Kier alpha value is -1.79. The van der Waals surface area contributed by atoms with Crippen LogP contribution in [0.4, 0.5) is 4.79 Å². The number of imide groups is 1. The van der Waals surface area contributed by atoms with Crippen molar-refractivity contribution in [1.29, 1.82) is 0 Å². The number of halogens is 2. The Kier molecular flexibility index (Phi) is 4.80. The minimum absolute atomic E-state index is 0.0856. The van der Waals surface area contributed by atoms with Gasteiger partial charge in [0.25, 0.3) is 5.91 Å². The van der Waals surface area contributed by atoms with Crippen LogP contribution in [0.3, 0.4) is 0 Å². The second kappa shape index (κ2) is 6.99. The highest BCUT2D eigenvalue weighted by Gasteiger charge is 2.57. The average molecular weight is 410 g/mol. The third-order valence-corrected chi connectivity index (χ3v) is 6.79. The van der Waals surface area contributed by atoms with Crippen LogP contribution >= 0.6 is 23.2 Å². The molecule has 1 unspecified atom stereocenters. The Morgan fingerprint density at radius 1 is 1.15 bits per heavy atom. The fourth-order valence-corrected chi connectivity index (χ4v) is 4.83. The molecular formula is C19H21Cl2N3O3. The van der Waals surface area contributed by atoms with Gasteiger partial charge in [-0.05, 0) is 49.3 Å². The zero-order chi connectivity index (χ0) is 19.2. The van der Waals surface area contributed by atoms with Crippen molar-refractivity contribution >= 4 is 41.0 Å². The first-order valence-electron chi connectivity index (χ1n) is 9.27. The Labute approximate surface area is 167 Å². The van der Waals surface area contributed by atoms with Gasteiger partial charge in [0.1, 0.15) is 5.54 Å². The maximum Gasteiger partial charge on any atom is 0.322 e. The monoisotopic (exact) mass is 409 g/mol. The highest BCUT2D eigenvalue weighted by molar-refractivity contribution is 6.42. The molecule has 1 aliphatic heterocycles. The quantitative estimate of drug-likeness (QED) is 0.666. The van der Waals surface area contributed by atoms with Gasteiger partial charge in [0.05, 0.1) is 16.1 Å². The fourth-order valence-electron chi connectivity index (χ4n) is 4.52. The minimum Gasteiger partial charge on any atom is -0.349 e. The van der Waals surface area contributed by atoms with Gasteiger partial charge in [-0.1, -0.05) is 42.1 Å². The van der Waals surface area contributed by atoms with Crippen molar-refractivity contribution in [3.63, 3.8) is 0 Å². The molecule has 27 heavy (non-hydrogen) atoms. The van der Waals surface area contributed by atoms with Crippen molar-refractivity contribution in [2.45, 2.75) is 50.1 Å². The van der Waals surface area contributed by atoms with Crippen LogP contribution in [-0.2, 0) is 9.59 Å². The summed E-state index contributed by atoms with van der Waals surface area (Å²) in [5, 5.41) is 9.02. The van der Waals surface area contributed by atoms with Crippen molar-refractivity contribution in [2.75, 3.05) is 0 Å². The normalized spacial score (nSPS) is 28.6. The Bertz CT molecular complexity index is 801. The third kappa shape index (κ3) is 3.41. The first kappa shape index (κ1) is 18.6. The molecule has 4 rings (SSSR count). The lowest BCUT2D eigenvalue weighted by Gasteiger charge is -2.42. The van der Waals surface area contributed by atoms with Gasteiger partial charge in [-0.25, -0.2) is 4.79 Å². The van der Waals surface area contributed by atoms with Gasteiger partial charge in [0.2, 0.25) is 5.91 Å². The predicted octanol–water partition coefficient (Wildman–Crippen LogP) is 3.33. The van der Waals surface area contributed by atoms with E-state index in [2.05, 4.69) is 16.0 Å². The predicted molar refractivity (Wildman–Crippen MR) is 101 cm³/mol. The summed E-state index contributed by atoms with van der Waals surface area (Å²) in [5.74, 6) is -0.360. The molecule has 3 fully saturated rings. The molecule has 1 aromatic carbocycles. The van der Waals surface area contributed by atoms with Gasteiger partial charge in [-0.3, -0.25) is 14.9 Å². The van der Waals surface area contributed by atoms with E-state index in [1.165, 1.54) is 0 Å². The molecule has 3 aliphatic rings. The van der Waals surface area contributed by atoms with Crippen molar-refractivity contribution in [3.8, 4) is 0 Å². The van der Waals surface area contributed by atoms with Crippen molar-refractivity contribution in [1.82, 2.24) is 16.0 Å². The van der Waals surface area contributed by atoms with Gasteiger partial charge in [-0.15, -0.1) is 0 Å². The summed E-state index contributed by atoms with van der Waals surface area (Å²) >= 11 is 12.2. The SMILES string of the molecule is O=C1NC(=O)C2(CC(C(=O)NC(c3ccc(Cl)c(Cl)c3)C3CCCC3)C2)N1. The smallest absolute Gasteiger partial charge is 0.322 e. The molecule has 2 saturated carbocycles. The molecule has 2 aliphatic carbocycles. The largest absolute Gasteiger partial charge is 0.349 e. The molecule has 1 atom stereocenters. The summed E-state index contributed by atoms with van der Waals surface area (Å²) in [7, 11) is 0. The van der Waals surface area contributed by atoms with E-state index in [0.717, 1.165) is 31.2 Å². The van der Waals surface area contributed by atoms with E-state index >= 15 is 0 Å². The highest BCUT2D eigenvalue weighted by Crippen LogP contribution is 2.42. The highest BCUT2D eigenvalue weighted by atomic mass is 35.5. The number of urea groups is 1. The number of hydrogen-bond acceptors (Lipinski definition) is 3. The van der Waals surface area contributed by atoms with Crippen molar-refractivity contribution in [3.05, 3.63) is 33.8 Å². The molecule has 0 bridgehead atoms. The van der Waals surface area contributed by atoms with E-state index in [1.54, 1.807) is 6.07 Å². The lowest BCUT2D eigenvalue weighted by molar-refractivity contribution is -0.137. The topological polar surface area (TPSA) is 87.3 Å². The molecule has 8 heteroatoms. The average Bonchev–Trinajstić information content (AvgIpc) is 3.21. The fraction of sp³-hybridized carbons (Fsp3) is 0.526. The van der Waals surface area contributed by atoms with E-state index in [0.29, 0.717) is 28.8 Å². The number of nitrogens with one attached hydrogen (secondary N) is 3. The Morgan fingerprint density at radius 2 is 1.85 bits per heavy atom. The summed E-state index contributed by atoms with van der Waals surface area (Å²) in [6.45, 7) is 0. The minimum atomic E-state index is -0.911. The van der Waals surface area contributed by atoms with Crippen LogP contribution in [-0.4, -0.2) is 23.4 Å². The van der Waals surface area contributed by atoms with Crippen LogP contribution in [0.5, 0.6) is 0 Å². The first-order chi connectivity index (χ1) is 12.9. The molecular weight excluding hydrogens is 389 g/mol. The number of hydrogen-bond donors (Lipinski definition) is 3. The number of rotatable bonds is 4. The molecule has 4 amide bonds. The van der Waals surface area contributed by atoms with Crippen LogP contribution in [0.15, 0.2) is 18.2 Å². The number of carbonyl (C=O) groups is 3. The summed E-state index contributed by atoms with van der Waals surface area (Å²) in [4.78, 5) is 36.1. The third-order valence-electron chi connectivity index (χ3n) is 6.05. The van der Waals surface area contributed by atoms with Crippen LogP contribution in [0.2, 0.25) is 10.0 Å². The van der Waals surface area contributed by atoms with Crippen LogP contribution < -0.4 is 16.0 Å². The summed E-state index contributed by atoms with van der Waals surface area (Å²) in [5.41, 5.74) is 0.0384. The molecule has 1 saturated heterocycles. The van der Waals surface area contributed by atoms with Gasteiger partial charge in [0.15, 0.2) is 0 Å². The summed E-state index contributed by atoms with van der Waals surface area (Å²) in [6.07, 6.45) is 5.06. The van der Waals surface area contributed by atoms with E-state index in [1.807, 2.05) is 12.1 Å².